The fourth-order valence-corrected chi connectivity index (χ4v) is 8.89. The fourth-order valence-electron chi connectivity index (χ4n) is 8.89. The van der Waals surface area contributed by atoms with Crippen LogP contribution in [-0.2, 0) is 5.41 Å². The SMILES string of the molecule is CC1(C)c2ccc(-c3cccc(-c4ccc(C=N/C(=C\C(=N)c5ccccc5)c5ccc(-c6ccccc6)cc5)c5ccccc45)c3)cc2-c2c1ccc1ccccc21. The minimum Gasteiger partial charge on any atom is -0.300 e. The summed E-state index contributed by atoms with van der Waals surface area (Å²) >= 11 is 0. The van der Waals surface area contributed by atoms with Gasteiger partial charge in [-0.25, -0.2) is 0 Å². The topological polar surface area (TPSA) is 36.2 Å². The molecule has 1 N–H and O–H groups in total. The Morgan fingerprint density at radius 3 is 1.86 bits per heavy atom. The quantitative estimate of drug-likeness (QED) is 0.150. The average Bonchev–Trinajstić information content (AvgIpc) is 3.53. The van der Waals surface area contributed by atoms with Gasteiger partial charge < -0.3 is 5.41 Å². The van der Waals surface area contributed by atoms with Crippen molar-refractivity contribution in [2.45, 2.75) is 19.3 Å². The molecule has 1 aliphatic carbocycles. The van der Waals surface area contributed by atoms with Crippen molar-refractivity contribution < 1.29 is 0 Å². The van der Waals surface area contributed by atoms with Crippen molar-refractivity contribution in [2.75, 3.05) is 0 Å². The lowest BCUT2D eigenvalue weighted by atomic mass is 9.82. The second kappa shape index (κ2) is 14.8. The Bertz CT molecular complexity index is 3110. The van der Waals surface area contributed by atoms with Crippen LogP contribution >= 0.6 is 0 Å². The van der Waals surface area contributed by atoms with E-state index in [0.29, 0.717) is 5.71 Å². The van der Waals surface area contributed by atoms with Crippen molar-refractivity contribution >= 4 is 39.2 Å². The summed E-state index contributed by atoms with van der Waals surface area (Å²) in [5.41, 5.74) is 16.4. The highest BCUT2D eigenvalue weighted by Crippen LogP contribution is 2.52. The standard InChI is InChI=1S/C57H42N2/c1-57(2)52-32-30-44(35-51(52)56-49-22-10-9-16-40(49)29-33-53(56)57)43-19-13-20-45(34-43)48-31-28-46(47-21-11-12-23-50(47)48)37-59-55(36-54(58)41-17-7-4-8-18-41)42-26-24-39(25-27-42)38-14-5-3-6-15-38/h3-37,58H,1-2H3/b55-36-,58-54?,59-37?. The molecule has 0 aliphatic heterocycles. The molecule has 0 amide bonds. The lowest BCUT2D eigenvalue weighted by Gasteiger charge is -2.21. The van der Waals surface area contributed by atoms with E-state index in [4.69, 9.17) is 10.4 Å². The van der Waals surface area contributed by atoms with E-state index in [1.165, 1.54) is 60.7 Å². The van der Waals surface area contributed by atoms with Gasteiger partial charge in [0.2, 0.25) is 0 Å². The molecule has 9 aromatic rings. The first-order valence-corrected chi connectivity index (χ1v) is 20.3. The zero-order valence-electron chi connectivity index (χ0n) is 33.2. The molecule has 0 bridgehead atoms. The number of allylic oxidation sites excluding steroid dienone is 1. The number of nitrogens with zero attached hydrogens (tertiary/aromatic N) is 1. The molecule has 1 aliphatic rings. The smallest absolute Gasteiger partial charge is 0.0723 e. The number of fused-ring (bicyclic) bond motifs is 6. The molecule has 0 fully saturated rings. The molecule has 10 rings (SSSR count). The zero-order chi connectivity index (χ0) is 39.9. The Kier molecular flexibility index (Phi) is 9.03. The summed E-state index contributed by atoms with van der Waals surface area (Å²) < 4.78 is 0. The van der Waals surface area contributed by atoms with Gasteiger partial charge in [0.1, 0.15) is 0 Å². The molecule has 2 nitrogen and oxygen atoms in total. The third kappa shape index (κ3) is 6.59. The van der Waals surface area contributed by atoms with E-state index < -0.39 is 0 Å². The maximum absolute atomic E-state index is 8.97. The van der Waals surface area contributed by atoms with Crippen LogP contribution in [0.2, 0.25) is 0 Å². The Labute approximate surface area is 346 Å². The van der Waals surface area contributed by atoms with E-state index in [2.05, 4.69) is 178 Å². The average molecular weight is 755 g/mol. The third-order valence-corrected chi connectivity index (χ3v) is 12.0. The van der Waals surface area contributed by atoms with Crippen LogP contribution in [0.5, 0.6) is 0 Å². The summed E-state index contributed by atoms with van der Waals surface area (Å²) in [6.07, 6.45) is 3.82. The molecular weight excluding hydrogens is 713 g/mol. The Balaban J connectivity index is 1.01. The van der Waals surface area contributed by atoms with Gasteiger partial charge in [0.05, 0.1) is 11.4 Å². The van der Waals surface area contributed by atoms with E-state index >= 15 is 0 Å². The van der Waals surface area contributed by atoms with E-state index in [0.717, 1.165) is 38.9 Å². The number of nitrogens with one attached hydrogen (secondary N) is 1. The molecule has 0 aromatic heterocycles. The summed E-state index contributed by atoms with van der Waals surface area (Å²) in [6.45, 7) is 4.70. The van der Waals surface area contributed by atoms with Gasteiger partial charge in [-0.3, -0.25) is 4.99 Å². The van der Waals surface area contributed by atoms with Gasteiger partial charge in [0, 0.05) is 22.8 Å². The first-order chi connectivity index (χ1) is 28.9. The van der Waals surface area contributed by atoms with Gasteiger partial charge in [-0.15, -0.1) is 0 Å². The van der Waals surface area contributed by atoms with Crippen LogP contribution in [0.1, 0.15) is 41.7 Å². The van der Waals surface area contributed by atoms with Gasteiger partial charge in [-0.05, 0) is 101 Å². The van der Waals surface area contributed by atoms with Gasteiger partial charge >= 0.3 is 0 Å². The summed E-state index contributed by atoms with van der Waals surface area (Å²) in [5, 5.41) is 13.9. The Morgan fingerprint density at radius 1 is 0.458 bits per heavy atom. The first kappa shape index (κ1) is 36.0. The lowest BCUT2D eigenvalue weighted by Crippen LogP contribution is -2.14. The minimum atomic E-state index is -0.0633. The van der Waals surface area contributed by atoms with Crippen LogP contribution in [0, 0.1) is 5.41 Å². The number of hydrogen-bond acceptors (Lipinski definition) is 2. The van der Waals surface area contributed by atoms with Crippen LogP contribution in [0.15, 0.2) is 211 Å². The van der Waals surface area contributed by atoms with Gasteiger partial charge in [-0.2, -0.15) is 0 Å². The molecule has 59 heavy (non-hydrogen) atoms. The van der Waals surface area contributed by atoms with Crippen LogP contribution in [0.3, 0.4) is 0 Å². The Hall–Kier alpha value is -7.42. The van der Waals surface area contributed by atoms with E-state index in [1.54, 1.807) is 0 Å². The number of hydrogen-bond donors (Lipinski definition) is 1. The summed E-state index contributed by atoms with van der Waals surface area (Å²) in [5.74, 6) is 0. The second-order valence-corrected chi connectivity index (χ2v) is 15.9. The van der Waals surface area contributed by atoms with Gasteiger partial charge in [0.25, 0.3) is 0 Å². The summed E-state index contributed by atoms with van der Waals surface area (Å²) in [6, 6.07) is 71.0. The van der Waals surface area contributed by atoms with Gasteiger partial charge in [0.15, 0.2) is 0 Å². The van der Waals surface area contributed by atoms with Gasteiger partial charge in [-0.1, -0.05) is 202 Å². The second-order valence-electron chi connectivity index (χ2n) is 15.9. The van der Waals surface area contributed by atoms with Crippen molar-refractivity contribution in [1.29, 1.82) is 5.41 Å². The molecule has 9 aromatic carbocycles. The van der Waals surface area contributed by atoms with Crippen molar-refractivity contribution in [3.63, 3.8) is 0 Å². The predicted octanol–water partition coefficient (Wildman–Crippen LogP) is 14.8. The number of rotatable bonds is 8. The predicted molar refractivity (Wildman–Crippen MR) is 251 cm³/mol. The van der Waals surface area contributed by atoms with Crippen molar-refractivity contribution in [3.8, 4) is 44.5 Å². The maximum Gasteiger partial charge on any atom is 0.0723 e. The van der Waals surface area contributed by atoms with Crippen molar-refractivity contribution in [1.82, 2.24) is 0 Å². The Morgan fingerprint density at radius 2 is 1.07 bits per heavy atom. The van der Waals surface area contributed by atoms with E-state index in [1.807, 2.05) is 48.7 Å². The highest BCUT2D eigenvalue weighted by molar-refractivity contribution is 6.12. The third-order valence-electron chi connectivity index (χ3n) is 12.0. The van der Waals surface area contributed by atoms with E-state index in [-0.39, 0.29) is 5.41 Å². The fraction of sp³-hybridized carbons (Fsp3) is 0.0526. The van der Waals surface area contributed by atoms with Crippen LogP contribution in [0.4, 0.5) is 0 Å². The minimum absolute atomic E-state index is 0.0633. The largest absolute Gasteiger partial charge is 0.300 e. The molecular formula is C57H42N2. The maximum atomic E-state index is 8.97. The molecule has 0 saturated carbocycles. The molecule has 280 valence electrons. The number of benzene rings is 9. The van der Waals surface area contributed by atoms with Crippen molar-refractivity contribution in [2.24, 2.45) is 4.99 Å². The van der Waals surface area contributed by atoms with Crippen molar-refractivity contribution in [3.05, 3.63) is 234 Å². The van der Waals surface area contributed by atoms with Crippen LogP contribution in [0.25, 0.3) is 71.7 Å². The molecule has 0 saturated heterocycles. The molecule has 0 spiro atoms. The lowest BCUT2D eigenvalue weighted by molar-refractivity contribution is 0.661. The highest BCUT2D eigenvalue weighted by atomic mass is 14.7. The molecule has 2 heteroatoms. The highest BCUT2D eigenvalue weighted by Gasteiger charge is 2.36. The van der Waals surface area contributed by atoms with E-state index in [9.17, 15) is 0 Å². The molecule has 0 unspecified atom stereocenters. The van der Waals surface area contributed by atoms with Crippen LogP contribution < -0.4 is 0 Å². The first-order valence-electron chi connectivity index (χ1n) is 20.3. The molecule has 0 atom stereocenters. The summed E-state index contributed by atoms with van der Waals surface area (Å²) in [4.78, 5) is 5.11. The monoisotopic (exact) mass is 754 g/mol. The van der Waals surface area contributed by atoms with Crippen LogP contribution in [-0.4, -0.2) is 11.9 Å². The summed E-state index contributed by atoms with van der Waals surface area (Å²) in [7, 11) is 0. The molecule has 0 radical (unpaired) electrons. The zero-order valence-corrected chi connectivity index (χ0v) is 33.2. The normalized spacial score (nSPS) is 13.2. The number of aliphatic imine (C=N–C) groups is 1. The molecule has 0 heterocycles.